The van der Waals surface area contributed by atoms with E-state index in [1.165, 1.54) is 6.07 Å². The summed E-state index contributed by atoms with van der Waals surface area (Å²) < 4.78 is 5.75. The maximum atomic E-state index is 11.6. The van der Waals surface area contributed by atoms with Crippen LogP contribution in [0.15, 0.2) is 58.4 Å². The van der Waals surface area contributed by atoms with Gasteiger partial charge < -0.3 is 4.74 Å². The van der Waals surface area contributed by atoms with E-state index < -0.39 is 0 Å². The Morgan fingerprint density at radius 2 is 1.93 bits per heavy atom. The van der Waals surface area contributed by atoms with E-state index in [1.807, 2.05) is 37.3 Å². The number of halogens is 2. The van der Waals surface area contributed by atoms with Crippen LogP contribution in [-0.4, -0.2) is 16.2 Å². The average molecular weight is 431 g/mol. The van der Waals surface area contributed by atoms with Crippen molar-refractivity contribution in [2.75, 3.05) is 5.43 Å². The van der Waals surface area contributed by atoms with Crippen LogP contribution >= 0.6 is 23.2 Å². The Morgan fingerprint density at radius 3 is 2.66 bits per heavy atom. The van der Waals surface area contributed by atoms with Gasteiger partial charge in [-0.25, -0.2) is 10.4 Å². The van der Waals surface area contributed by atoms with Gasteiger partial charge >= 0.3 is 0 Å². The van der Waals surface area contributed by atoms with Gasteiger partial charge in [-0.3, -0.25) is 9.78 Å². The molecule has 0 unspecified atom stereocenters. The Kier molecular flexibility index (Phi) is 7.27. The lowest BCUT2D eigenvalue weighted by Gasteiger charge is -2.07. The number of aromatic amines is 1. The van der Waals surface area contributed by atoms with Gasteiger partial charge in [0.05, 0.1) is 16.3 Å². The van der Waals surface area contributed by atoms with Crippen LogP contribution in [0.2, 0.25) is 10.0 Å². The third kappa shape index (κ3) is 6.34. The molecule has 0 saturated carbocycles. The summed E-state index contributed by atoms with van der Waals surface area (Å²) in [7, 11) is 0. The zero-order chi connectivity index (χ0) is 20.6. The smallest absolute Gasteiger partial charge is 0.252 e. The first-order valence-corrected chi connectivity index (χ1v) is 9.85. The van der Waals surface area contributed by atoms with Crippen LogP contribution in [0, 0.1) is 0 Å². The van der Waals surface area contributed by atoms with Crippen molar-refractivity contribution in [3.8, 4) is 5.75 Å². The zero-order valence-corrected chi connectivity index (χ0v) is 17.3. The van der Waals surface area contributed by atoms with Crippen molar-refractivity contribution in [1.29, 1.82) is 0 Å². The minimum Gasteiger partial charge on any atom is -0.489 e. The van der Waals surface area contributed by atoms with Gasteiger partial charge in [0.15, 0.2) is 0 Å². The molecule has 8 heteroatoms. The van der Waals surface area contributed by atoms with E-state index in [9.17, 15) is 4.79 Å². The largest absolute Gasteiger partial charge is 0.489 e. The fourth-order valence-electron chi connectivity index (χ4n) is 2.56. The minimum atomic E-state index is -0.204. The van der Waals surface area contributed by atoms with E-state index in [2.05, 4.69) is 20.5 Å². The third-order valence-corrected chi connectivity index (χ3v) is 4.69. The van der Waals surface area contributed by atoms with E-state index >= 15 is 0 Å². The molecule has 1 heterocycles. The van der Waals surface area contributed by atoms with E-state index in [4.69, 9.17) is 27.9 Å². The van der Waals surface area contributed by atoms with Crippen LogP contribution < -0.4 is 15.7 Å². The number of ether oxygens (including phenoxy) is 1. The maximum absolute atomic E-state index is 11.6. The predicted molar refractivity (Wildman–Crippen MR) is 117 cm³/mol. The van der Waals surface area contributed by atoms with Crippen molar-refractivity contribution in [1.82, 2.24) is 9.97 Å². The summed E-state index contributed by atoms with van der Waals surface area (Å²) >= 11 is 11.9. The standard InChI is InChI=1S/C21H20Cl2N4O2/c1-2-3-16-11-20(28)26-21(25-16)27-24-12-14-4-7-17(8-5-14)29-13-15-6-9-18(22)19(23)10-15/h4-12H,2-3,13H2,1H3,(H2,25,26,27,28)/b24-12+. The maximum Gasteiger partial charge on any atom is 0.252 e. The van der Waals surface area contributed by atoms with Gasteiger partial charge in [0.25, 0.3) is 5.56 Å². The molecule has 0 bridgehead atoms. The highest BCUT2D eigenvalue weighted by Gasteiger charge is 2.02. The van der Waals surface area contributed by atoms with E-state index in [0.29, 0.717) is 22.6 Å². The van der Waals surface area contributed by atoms with E-state index in [1.54, 1.807) is 18.3 Å². The second-order valence-electron chi connectivity index (χ2n) is 6.31. The quantitative estimate of drug-likeness (QED) is 0.386. The van der Waals surface area contributed by atoms with E-state index in [-0.39, 0.29) is 5.56 Å². The number of hydrazone groups is 1. The Bertz CT molecular complexity index is 1050. The Balaban J connectivity index is 1.56. The summed E-state index contributed by atoms with van der Waals surface area (Å²) in [6.45, 7) is 2.42. The highest BCUT2D eigenvalue weighted by molar-refractivity contribution is 6.42. The minimum absolute atomic E-state index is 0.204. The summed E-state index contributed by atoms with van der Waals surface area (Å²) in [6.07, 6.45) is 3.29. The van der Waals surface area contributed by atoms with Gasteiger partial charge in [0, 0.05) is 11.8 Å². The average Bonchev–Trinajstić information content (AvgIpc) is 2.70. The molecule has 29 heavy (non-hydrogen) atoms. The molecule has 2 N–H and O–H groups in total. The van der Waals surface area contributed by atoms with Gasteiger partial charge in [-0.2, -0.15) is 5.10 Å². The summed E-state index contributed by atoms with van der Waals surface area (Å²) in [4.78, 5) is 18.6. The number of hydrogen-bond acceptors (Lipinski definition) is 5. The molecule has 150 valence electrons. The number of aromatic nitrogens is 2. The number of rotatable bonds is 8. The van der Waals surface area contributed by atoms with Crippen LogP contribution in [0.4, 0.5) is 5.95 Å². The summed E-state index contributed by atoms with van der Waals surface area (Å²) in [5.41, 5.74) is 5.08. The summed E-state index contributed by atoms with van der Waals surface area (Å²) in [5, 5.41) is 5.14. The van der Waals surface area contributed by atoms with Crippen molar-refractivity contribution >= 4 is 35.4 Å². The Morgan fingerprint density at radius 1 is 1.14 bits per heavy atom. The van der Waals surface area contributed by atoms with E-state index in [0.717, 1.165) is 35.4 Å². The first-order chi connectivity index (χ1) is 14.0. The number of aryl methyl sites for hydroxylation is 1. The van der Waals surface area contributed by atoms with Crippen molar-refractivity contribution in [3.63, 3.8) is 0 Å². The lowest BCUT2D eigenvalue weighted by molar-refractivity contribution is 0.306. The molecule has 0 saturated heterocycles. The Labute approximate surface area is 178 Å². The van der Waals surface area contributed by atoms with Crippen LogP contribution in [0.25, 0.3) is 0 Å². The van der Waals surface area contributed by atoms with Gasteiger partial charge in [-0.05, 0) is 53.9 Å². The molecule has 2 aromatic carbocycles. The molecule has 0 aliphatic heterocycles. The monoisotopic (exact) mass is 430 g/mol. The lowest BCUT2D eigenvalue weighted by Crippen LogP contribution is -2.11. The number of hydrogen-bond donors (Lipinski definition) is 2. The van der Waals surface area contributed by atoms with Crippen molar-refractivity contribution in [3.05, 3.63) is 85.8 Å². The Hall–Kier alpha value is -2.83. The van der Waals surface area contributed by atoms with Gasteiger partial charge in [0.2, 0.25) is 5.95 Å². The van der Waals surface area contributed by atoms with Crippen LogP contribution in [0.1, 0.15) is 30.2 Å². The van der Waals surface area contributed by atoms with Crippen LogP contribution in [-0.2, 0) is 13.0 Å². The summed E-state index contributed by atoms with van der Waals surface area (Å²) in [5.74, 6) is 1.04. The SMILES string of the molecule is CCCc1cc(=O)[nH]c(N/N=C/c2ccc(OCc3ccc(Cl)c(Cl)c3)cc2)n1. The van der Waals surface area contributed by atoms with Crippen molar-refractivity contribution in [2.45, 2.75) is 26.4 Å². The number of nitrogens with one attached hydrogen (secondary N) is 2. The molecule has 0 atom stereocenters. The number of anilines is 1. The molecule has 0 aliphatic carbocycles. The highest BCUT2D eigenvalue weighted by atomic mass is 35.5. The molecule has 0 amide bonds. The molecule has 0 spiro atoms. The van der Waals surface area contributed by atoms with Gasteiger partial charge in [-0.1, -0.05) is 42.6 Å². The van der Waals surface area contributed by atoms with Gasteiger partial charge in [-0.15, -0.1) is 0 Å². The fraction of sp³-hybridized carbons (Fsp3) is 0.190. The molecule has 3 rings (SSSR count). The second kappa shape index (κ2) is 10.1. The molecular formula is C21H20Cl2N4O2. The lowest BCUT2D eigenvalue weighted by atomic mass is 10.2. The normalized spacial score (nSPS) is 11.0. The van der Waals surface area contributed by atoms with Crippen LogP contribution in [0.5, 0.6) is 5.75 Å². The fourth-order valence-corrected chi connectivity index (χ4v) is 2.88. The summed E-state index contributed by atoms with van der Waals surface area (Å²) in [6, 6.07) is 14.3. The number of nitrogens with zero attached hydrogens (tertiary/aromatic N) is 2. The molecule has 0 radical (unpaired) electrons. The van der Waals surface area contributed by atoms with Crippen molar-refractivity contribution < 1.29 is 4.74 Å². The van der Waals surface area contributed by atoms with Crippen molar-refractivity contribution in [2.24, 2.45) is 5.10 Å². The molecule has 0 fully saturated rings. The molecular weight excluding hydrogens is 411 g/mol. The highest BCUT2D eigenvalue weighted by Crippen LogP contribution is 2.23. The third-order valence-electron chi connectivity index (χ3n) is 3.95. The second-order valence-corrected chi connectivity index (χ2v) is 7.13. The van der Waals surface area contributed by atoms with Gasteiger partial charge in [0.1, 0.15) is 12.4 Å². The van der Waals surface area contributed by atoms with Crippen LogP contribution in [0.3, 0.4) is 0 Å². The molecule has 6 nitrogen and oxygen atoms in total. The molecule has 1 aromatic heterocycles. The first kappa shape index (κ1) is 20.9. The molecule has 3 aromatic rings. The predicted octanol–water partition coefficient (Wildman–Crippen LogP) is 5.05. The zero-order valence-electron chi connectivity index (χ0n) is 15.8. The number of H-pyrrole nitrogens is 1. The number of benzene rings is 2. The topological polar surface area (TPSA) is 79.4 Å². The first-order valence-electron chi connectivity index (χ1n) is 9.09. The molecule has 0 aliphatic rings.